The van der Waals surface area contributed by atoms with Gasteiger partial charge < -0.3 is 15.3 Å². The van der Waals surface area contributed by atoms with E-state index in [-0.39, 0.29) is 18.1 Å². The van der Waals surface area contributed by atoms with Crippen LogP contribution in [-0.2, 0) is 4.79 Å². The first kappa shape index (κ1) is 14.8. The molecule has 0 spiro atoms. The Bertz CT molecular complexity index is 305. The predicted molar refractivity (Wildman–Crippen MR) is 69.4 cm³/mol. The number of hydrogen-bond acceptors (Lipinski definition) is 2. The molecule has 18 heavy (non-hydrogen) atoms. The van der Waals surface area contributed by atoms with Crippen molar-refractivity contribution in [3.8, 4) is 0 Å². The number of carbonyl (C=O) groups is 2. The summed E-state index contributed by atoms with van der Waals surface area (Å²) >= 11 is 0. The zero-order valence-corrected chi connectivity index (χ0v) is 11.5. The Morgan fingerprint density at radius 2 is 1.83 bits per heavy atom. The molecule has 2 N–H and O–H groups in total. The largest absolute Gasteiger partial charge is 0.481 e. The standard InChI is InChI=1S/C13H24N2O3/c1-9(2)15(3)13(18)14-11-8-6-4-5-7-10(11)12(16)17/h9-11H,4-8H2,1-3H3,(H,14,18)(H,16,17). The second-order valence-electron chi connectivity index (χ2n) is 5.34. The Morgan fingerprint density at radius 3 is 2.39 bits per heavy atom. The topological polar surface area (TPSA) is 69.6 Å². The van der Waals surface area contributed by atoms with Crippen LogP contribution in [0.4, 0.5) is 4.79 Å². The van der Waals surface area contributed by atoms with Crippen LogP contribution in [0.15, 0.2) is 0 Å². The van der Waals surface area contributed by atoms with E-state index in [0.717, 1.165) is 25.7 Å². The van der Waals surface area contributed by atoms with Crippen LogP contribution in [0, 0.1) is 5.92 Å². The van der Waals surface area contributed by atoms with Crippen LogP contribution in [0.25, 0.3) is 0 Å². The molecule has 2 unspecified atom stereocenters. The monoisotopic (exact) mass is 256 g/mol. The summed E-state index contributed by atoms with van der Waals surface area (Å²) in [7, 11) is 1.73. The highest BCUT2D eigenvalue weighted by molar-refractivity contribution is 5.76. The average molecular weight is 256 g/mol. The second kappa shape index (κ2) is 6.61. The third-order valence-electron chi connectivity index (χ3n) is 3.74. The minimum Gasteiger partial charge on any atom is -0.481 e. The smallest absolute Gasteiger partial charge is 0.317 e. The van der Waals surface area contributed by atoms with Crippen LogP contribution in [0.2, 0.25) is 0 Å². The van der Waals surface area contributed by atoms with E-state index < -0.39 is 11.9 Å². The molecule has 1 saturated carbocycles. The summed E-state index contributed by atoms with van der Waals surface area (Å²) in [5.74, 6) is -1.24. The van der Waals surface area contributed by atoms with Gasteiger partial charge in [0.15, 0.2) is 0 Å². The van der Waals surface area contributed by atoms with Gasteiger partial charge in [-0.05, 0) is 26.7 Å². The van der Waals surface area contributed by atoms with Crippen molar-refractivity contribution in [3.05, 3.63) is 0 Å². The van der Waals surface area contributed by atoms with Crippen LogP contribution in [0.3, 0.4) is 0 Å². The number of rotatable bonds is 3. The zero-order valence-electron chi connectivity index (χ0n) is 11.5. The minimum absolute atomic E-state index is 0.110. The molecule has 0 aromatic rings. The Labute approximate surface area is 109 Å². The summed E-state index contributed by atoms with van der Waals surface area (Å²) in [5, 5.41) is 12.1. The van der Waals surface area contributed by atoms with Crippen molar-refractivity contribution in [3.63, 3.8) is 0 Å². The lowest BCUT2D eigenvalue weighted by atomic mass is 9.95. The maximum atomic E-state index is 12.0. The summed E-state index contributed by atoms with van der Waals surface area (Å²) in [6.07, 6.45) is 4.39. The minimum atomic E-state index is -0.797. The third kappa shape index (κ3) is 3.89. The number of hydrogen-bond donors (Lipinski definition) is 2. The zero-order chi connectivity index (χ0) is 13.7. The fourth-order valence-corrected chi connectivity index (χ4v) is 2.27. The van der Waals surface area contributed by atoms with Gasteiger partial charge in [0.05, 0.1) is 5.92 Å². The number of amides is 2. The molecule has 0 aliphatic heterocycles. The van der Waals surface area contributed by atoms with Crippen LogP contribution >= 0.6 is 0 Å². The van der Waals surface area contributed by atoms with Crippen molar-refractivity contribution < 1.29 is 14.7 Å². The van der Waals surface area contributed by atoms with Crippen molar-refractivity contribution in [2.24, 2.45) is 5.92 Å². The molecule has 0 aromatic carbocycles. The molecule has 1 aliphatic rings. The Balaban J connectivity index is 2.66. The van der Waals surface area contributed by atoms with Gasteiger partial charge >= 0.3 is 12.0 Å². The maximum Gasteiger partial charge on any atom is 0.317 e. The van der Waals surface area contributed by atoms with Gasteiger partial charge in [0.2, 0.25) is 0 Å². The van der Waals surface area contributed by atoms with Gasteiger partial charge in [0.25, 0.3) is 0 Å². The predicted octanol–water partition coefficient (Wildman–Crippen LogP) is 2.07. The van der Waals surface area contributed by atoms with Crippen molar-refractivity contribution >= 4 is 12.0 Å². The van der Waals surface area contributed by atoms with Crippen molar-refractivity contribution in [1.29, 1.82) is 0 Å². The number of carboxylic acid groups (broad SMARTS) is 1. The van der Waals surface area contributed by atoms with E-state index in [1.165, 1.54) is 0 Å². The van der Waals surface area contributed by atoms with E-state index in [9.17, 15) is 14.7 Å². The fourth-order valence-electron chi connectivity index (χ4n) is 2.27. The highest BCUT2D eigenvalue weighted by Gasteiger charge is 2.31. The molecule has 0 bridgehead atoms. The molecule has 0 aromatic heterocycles. The molecular formula is C13H24N2O3. The quantitative estimate of drug-likeness (QED) is 0.759. The van der Waals surface area contributed by atoms with Gasteiger partial charge in [-0.2, -0.15) is 0 Å². The van der Waals surface area contributed by atoms with Gasteiger partial charge in [-0.3, -0.25) is 4.79 Å². The number of urea groups is 1. The molecule has 2 atom stereocenters. The normalized spacial score (nSPS) is 24.4. The third-order valence-corrected chi connectivity index (χ3v) is 3.74. The molecule has 0 heterocycles. The van der Waals surface area contributed by atoms with Crippen molar-refractivity contribution in [2.75, 3.05) is 7.05 Å². The molecule has 0 radical (unpaired) electrons. The van der Waals surface area contributed by atoms with Gasteiger partial charge in [0.1, 0.15) is 0 Å². The summed E-state index contributed by atoms with van der Waals surface area (Å²) in [6.45, 7) is 3.86. The SMILES string of the molecule is CC(C)N(C)C(=O)NC1CCCCCC1C(=O)O. The molecule has 2 amide bonds. The first-order chi connectivity index (χ1) is 8.43. The van der Waals surface area contributed by atoms with Crippen LogP contribution in [-0.4, -0.2) is 41.1 Å². The summed E-state index contributed by atoms with van der Waals surface area (Å²) < 4.78 is 0. The van der Waals surface area contributed by atoms with Crippen molar-refractivity contribution in [1.82, 2.24) is 10.2 Å². The number of nitrogens with one attached hydrogen (secondary N) is 1. The van der Waals surface area contributed by atoms with Crippen LogP contribution < -0.4 is 5.32 Å². The average Bonchev–Trinajstić information content (AvgIpc) is 2.53. The van der Waals surface area contributed by atoms with Crippen LogP contribution in [0.1, 0.15) is 46.0 Å². The van der Waals surface area contributed by atoms with E-state index in [4.69, 9.17) is 0 Å². The van der Waals surface area contributed by atoms with Gasteiger partial charge in [-0.1, -0.05) is 19.3 Å². The lowest BCUT2D eigenvalue weighted by molar-refractivity contribution is -0.142. The first-order valence-corrected chi connectivity index (χ1v) is 6.69. The Kier molecular flexibility index (Phi) is 5.44. The Hall–Kier alpha value is -1.26. The molecule has 1 fully saturated rings. The number of aliphatic carboxylic acids is 1. The van der Waals surface area contributed by atoms with Crippen molar-refractivity contribution in [2.45, 2.75) is 58.0 Å². The van der Waals surface area contributed by atoms with E-state index in [1.807, 2.05) is 13.8 Å². The maximum absolute atomic E-state index is 12.0. The van der Waals surface area contributed by atoms with E-state index in [1.54, 1.807) is 11.9 Å². The highest BCUT2D eigenvalue weighted by Crippen LogP contribution is 2.24. The lowest BCUT2D eigenvalue weighted by Gasteiger charge is -2.28. The highest BCUT2D eigenvalue weighted by atomic mass is 16.4. The van der Waals surface area contributed by atoms with Gasteiger partial charge in [0, 0.05) is 19.1 Å². The molecule has 1 aliphatic carbocycles. The molecule has 1 rings (SSSR count). The van der Waals surface area contributed by atoms with Crippen LogP contribution in [0.5, 0.6) is 0 Å². The molecule has 0 saturated heterocycles. The number of nitrogens with zero attached hydrogens (tertiary/aromatic N) is 1. The molecule has 104 valence electrons. The van der Waals surface area contributed by atoms with E-state index in [0.29, 0.717) is 6.42 Å². The number of carbonyl (C=O) groups excluding carboxylic acids is 1. The molecular weight excluding hydrogens is 232 g/mol. The number of carboxylic acids is 1. The summed E-state index contributed by atoms with van der Waals surface area (Å²) in [6, 6.07) is -0.305. The first-order valence-electron chi connectivity index (χ1n) is 6.69. The fraction of sp³-hybridized carbons (Fsp3) is 0.846. The van der Waals surface area contributed by atoms with E-state index in [2.05, 4.69) is 5.32 Å². The molecule has 5 nitrogen and oxygen atoms in total. The summed E-state index contributed by atoms with van der Waals surface area (Å²) in [4.78, 5) is 24.8. The van der Waals surface area contributed by atoms with Gasteiger partial charge in [-0.25, -0.2) is 4.79 Å². The summed E-state index contributed by atoms with van der Waals surface area (Å²) in [5.41, 5.74) is 0. The Morgan fingerprint density at radius 1 is 1.22 bits per heavy atom. The molecule has 5 heteroatoms. The van der Waals surface area contributed by atoms with E-state index >= 15 is 0 Å². The van der Waals surface area contributed by atoms with Gasteiger partial charge in [-0.15, -0.1) is 0 Å². The second-order valence-corrected chi connectivity index (χ2v) is 5.34. The lowest BCUT2D eigenvalue weighted by Crippen LogP contribution is -2.49.